The molecule has 0 unspecified atom stereocenters. The molecule has 0 radical (unpaired) electrons. The third-order valence-electron chi connectivity index (χ3n) is 4.81. The van der Waals surface area contributed by atoms with E-state index in [1.807, 2.05) is 26.0 Å². The Labute approximate surface area is 165 Å². The van der Waals surface area contributed by atoms with Crippen LogP contribution in [0.5, 0.6) is 5.75 Å². The van der Waals surface area contributed by atoms with Crippen molar-refractivity contribution in [1.29, 1.82) is 0 Å². The number of amides is 1. The summed E-state index contributed by atoms with van der Waals surface area (Å²) in [6.45, 7) is 9.54. The van der Waals surface area contributed by atoms with Gasteiger partial charge in [0, 0.05) is 25.2 Å². The number of hydrogen-bond donors (Lipinski definition) is 1. The maximum absolute atomic E-state index is 12.3. The topological polar surface area (TPSA) is 76.3 Å². The summed E-state index contributed by atoms with van der Waals surface area (Å²) >= 11 is 0. The van der Waals surface area contributed by atoms with Gasteiger partial charge in [-0.2, -0.15) is 5.10 Å². The molecule has 0 atom stereocenters. The number of furan rings is 1. The molecule has 3 rings (SSSR count). The van der Waals surface area contributed by atoms with Gasteiger partial charge in [-0.15, -0.1) is 0 Å². The molecule has 1 aliphatic heterocycles. The summed E-state index contributed by atoms with van der Waals surface area (Å²) in [5, 5.41) is 4.27. The molecule has 0 aliphatic carbocycles. The van der Waals surface area contributed by atoms with E-state index in [2.05, 4.69) is 21.5 Å². The molecule has 1 aromatic carbocycles. The van der Waals surface area contributed by atoms with Crippen LogP contribution in [0.25, 0.3) is 0 Å². The van der Waals surface area contributed by atoms with E-state index in [0.29, 0.717) is 17.1 Å². The number of benzene rings is 1. The first-order valence-corrected chi connectivity index (χ1v) is 9.37. The predicted octanol–water partition coefficient (Wildman–Crippen LogP) is 2.89. The molecule has 28 heavy (non-hydrogen) atoms. The lowest BCUT2D eigenvalue weighted by Crippen LogP contribution is -2.35. The van der Waals surface area contributed by atoms with Crippen molar-refractivity contribution < 1.29 is 18.7 Å². The third-order valence-corrected chi connectivity index (χ3v) is 4.81. The number of carbonyl (C=O) groups is 1. The Balaban J connectivity index is 1.74. The van der Waals surface area contributed by atoms with Gasteiger partial charge in [-0.05, 0) is 50.6 Å². The molecule has 1 aromatic heterocycles. The Kier molecular flexibility index (Phi) is 6.49. The van der Waals surface area contributed by atoms with E-state index < -0.39 is 0 Å². The summed E-state index contributed by atoms with van der Waals surface area (Å²) in [4.78, 5) is 14.7. The van der Waals surface area contributed by atoms with Gasteiger partial charge in [0.15, 0.2) is 0 Å². The van der Waals surface area contributed by atoms with Crippen LogP contribution in [0.2, 0.25) is 0 Å². The largest absolute Gasteiger partial charge is 0.496 e. The van der Waals surface area contributed by atoms with Gasteiger partial charge < -0.3 is 13.9 Å². The maximum Gasteiger partial charge on any atom is 0.274 e. The molecular formula is C21H27N3O4. The summed E-state index contributed by atoms with van der Waals surface area (Å²) in [7, 11) is 1.67. The number of aryl methyl sites for hydroxylation is 2. The van der Waals surface area contributed by atoms with Gasteiger partial charge in [0.05, 0.1) is 31.6 Å². The SMILES string of the molecule is COc1ccc(/C(C)=N\NC(=O)c2cc(C)oc2C)cc1CN1CCOCC1. The fraction of sp³-hybridized carbons (Fsp3) is 0.429. The van der Waals surface area contributed by atoms with Gasteiger partial charge >= 0.3 is 0 Å². The van der Waals surface area contributed by atoms with Crippen molar-refractivity contribution in [2.24, 2.45) is 5.10 Å². The van der Waals surface area contributed by atoms with Crippen molar-refractivity contribution in [3.8, 4) is 5.75 Å². The minimum Gasteiger partial charge on any atom is -0.496 e. The molecule has 150 valence electrons. The zero-order chi connectivity index (χ0) is 20.1. The summed E-state index contributed by atoms with van der Waals surface area (Å²) < 4.78 is 16.3. The van der Waals surface area contributed by atoms with Crippen molar-refractivity contribution in [2.75, 3.05) is 33.4 Å². The van der Waals surface area contributed by atoms with Crippen molar-refractivity contribution in [1.82, 2.24) is 10.3 Å². The van der Waals surface area contributed by atoms with E-state index in [9.17, 15) is 4.79 Å². The quantitative estimate of drug-likeness (QED) is 0.611. The zero-order valence-electron chi connectivity index (χ0n) is 16.9. The number of nitrogens with one attached hydrogen (secondary N) is 1. The van der Waals surface area contributed by atoms with Crippen LogP contribution in [-0.4, -0.2) is 49.9 Å². The highest BCUT2D eigenvalue weighted by Crippen LogP contribution is 2.22. The number of ether oxygens (including phenoxy) is 2. The van der Waals surface area contributed by atoms with Gasteiger partial charge in [-0.25, -0.2) is 5.43 Å². The first-order valence-electron chi connectivity index (χ1n) is 9.37. The molecule has 2 heterocycles. The smallest absolute Gasteiger partial charge is 0.274 e. The second kappa shape index (κ2) is 9.03. The standard InChI is InChI=1S/C21H27N3O4/c1-14-11-19(16(3)28-14)21(25)23-22-15(2)17-5-6-20(26-4)18(12-17)13-24-7-9-27-10-8-24/h5-6,11-12H,7-10,13H2,1-4H3,(H,23,25)/b22-15-. The summed E-state index contributed by atoms with van der Waals surface area (Å²) in [5.41, 5.74) is 5.85. The first-order chi connectivity index (χ1) is 13.5. The normalized spacial score (nSPS) is 15.5. The van der Waals surface area contributed by atoms with Crippen LogP contribution in [0.3, 0.4) is 0 Å². The molecular weight excluding hydrogens is 358 g/mol. The minimum absolute atomic E-state index is 0.282. The lowest BCUT2D eigenvalue weighted by molar-refractivity contribution is 0.0339. The Morgan fingerprint density at radius 2 is 2.00 bits per heavy atom. The second-order valence-corrected chi connectivity index (χ2v) is 6.88. The summed E-state index contributed by atoms with van der Waals surface area (Å²) in [6, 6.07) is 7.66. The van der Waals surface area contributed by atoms with Gasteiger partial charge in [0.1, 0.15) is 17.3 Å². The van der Waals surface area contributed by atoms with Crippen molar-refractivity contribution in [2.45, 2.75) is 27.3 Å². The van der Waals surface area contributed by atoms with Crippen LogP contribution >= 0.6 is 0 Å². The number of carbonyl (C=O) groups excluding carboxylic acids is 1. The highest BCUT2D eigenvalue weighted by atomic mass is 16.5. The van der Waals surface area contributed by atoms with E-state index >= 15 is 0 Å². The number of morpholine rings is 1. The lowest BCUT2D eigenvalue weighted by atomic mass is 10.1. The average Bonchev–Trinajstić information content (AvgIpc) is 3.04. The van der Waals surface area contributed by atoms with E-state index in [1.54, 1.807) is 20.1 Å². The molecule has 0 bridgehead atoms. The van der Waals surface area contributed by atoms with Crippen LogP contribution in [0, 0.1) is 13.8 Å². The molecule has 7 heteroatoms. The molecule has 2 aromatic rings. The van der Waals surface area contributed by atoms with Crippen LogP contribution in [-0.2, 0) is 11.3 Å². The highest BCUT2D eigenvalue weighted by Gasteiger charge is 2.15. The Hall–Kier alpha value is -2.64. The summed E-state index contributed by atoms with van der Waals surface area (Å²) in [6.07, 6.45) is 0. The monoisotopic (exact) mass is 385 g/mol. The molecule has 0 spiro atoms. The molecule has 0 saturated carbocycles. The van der Waals surface area contributed by atoms with Crippen LogP contribution in [0.4, 0.5) is 0 Å². The zero-order valence-corrected chi connectivity index (χ0v) is 16.9. The molecule has 1 aliphatic rings. The van der Waals surface area contributed by atoms with Crippen molar-refractivity contribution in [3.05, 3.63) is 52.5 Å². The van der Waals surface area contributed by atoms with Gasteiger partial charge in [-0.1, -0.05) is 0 Å². The van der Waals surface area contributed by atoms with Crippen molar-refractivity contribution >= 4 is 11.6 Å². The Bertz CT molecular complexity index is 867. The van der Waals surface area contributed by atoms with Crippen LogP contribution in [0.1, 0.15) is 39.9 Å². The molecule has 1 fully saturated rings. The molecule has 1 amide bonds. The Morgan fingerprint density at radius 1 is 1.25 bits per heavy atom. The van der Waals surface area contributed by atoms with Gasteiger partial charge in [-0.3, -0.25) is 9.69 Å². The number of methoxy groups -OCH3 is 1. The minimum atomic E-state index is -0.282. The fourth-order valence-electron chi connectivity index (χ4n) is 3.24. The van der Waals surface area contributed by atoms with Crippen molar-refractivity contribution in [3.63, 3.8) is 0 Å². The lowest BCUT2D eigenvalue weighted by Gasteiger charge is -2.27. The van der Waals surface area contributed by atoms with E-state index in [-0.39, 0.29) is 5.91 Å². The molecule has 1 N–H and O–H groups in total. The first kappa shape index (κ1) is 20.1. The maximum atomic E-state index is 12.3. The van der Waals surface area contributed by atoms with E-state index in [4.69, 9.17) is 13.9 Å². The third kappa shape index (κ3) is 4.79. The highest BCUT2D eigenvalue weighted by molar-refractivity contribution is 6.01. The van der Waals surface area contributed by atoms with Crippen LogP contribution < -0.4 is 10.2 Å². The number of hydrazone groups is 1. The summed E-state index contributed by atoms with van der Waals surface area (Å²) in [5.74, 6) is 1.85. The fourth-order valence-corrected chi connectivity index (χ4v) is 3.24. The molecule has 1 saturated heterocycles. The Morgan fingerprint density at radius 3 is 2.64 bits per heavy atom. The predicted molar refractivity (Wildman–Crippen MR) is 107 cm³/mol. The van der Waals surface area contributed by atoms with Gasteiger partial charge in [0.2, 0.25) is 0 Å². The van der Waals surface area contributed by atoms with E-state index in [1.165, 1.54) is 0 Å². The second-order valence-electron chi connectivity index (χ2n) is 6.88. The number of hydrogen-bond acceptors (Lipinski definition) is 6. The van der Waals surface area contributed by atoms with Gasteiger partial charge in [0.25, 0.3) is 5.91 Å². The average molecular weight is 385 g/mol. The van der Waals surface area contributed by atoms with E-state index in [0.717, 1.165) is 55.4 Å². The number of rotatable bonds is 6. The number of nitrogens with zero attached hydrogens (tertiary/aromatic N) is 2. The van der Waals surface area contributed by atoms with Crippen LogP contribution in [0.15, 0.2) is 33.8 Å². The molecule has 7 nitrogen and oxygen atoms in total.